The highest BCUT2D eigenvalue weighted by Crippen LogP contribution is 2.23. The van der Waals surface area contributed by atoms with Crippen LogP contribution in [0.3, 0.4) is 0 Å². The largest absolute Gasteiger partial charge is 0.444 e. The van der Waals surface area contributed by atoms with Gasteiger partial charge in [-0.3, -0.25) is 15.3 Å². The number of ether oxygens (including phenoxy) is 1. The second-order valence-electron chi connectivity index (χ2n) is 4.41. The smallest absolute Gasteiger partial charge is 0.412 e. The van der Waals surface area contributed by atoms with Gasteiger partial charge in [0.25, 0.3) is 0 Å². The molecular formula is C12H17N3O2. The summed E-state index contributed by atoms with van der Waals surface area (Å²) in [5, 5.41) is 2.64. The topological polar surface area (TPSA) is 63.6 Å². The van der Waals surface area contributed by atoms with Gasteiger partial charge in [-0.2, -0.15) is 0 Å². The molecule has 0 fully saturated rings. The highest BCUT2D eigenvalue weighted by Gasteiger charge is 2.16. The standard InChI is InChI=1S/C12H17N3O2/c1-5-14-10-8-13-7-6-9(10)15-11(16)17-12(2,3)4/h5-8H,1-4H3,(H,13,15,16). The lowest BCUT2D eigenvalue weighted by Gasteiger charge is -2.19. The van der Waals surface area contributed by atoms with Gasteiger partial charge in [0.2, 0.25) is 0 Å². The van der Waals surface area contributed by atoms with Gasteiger partial charge >= 0.3 is 6.09 Å². The van der Waals surface area contributed by atoms with Gasteiger partial charge in [-0.25, -0.2) is 4.79 Å². The zero-order valence-corrected chi connectivity index (χ0v) is 10.5. The van der Waals surface area contributed by atoms with Crippen molar-refractivity contribution in [1.29, 1.82) is 0 Å². The van der Waals surface area contributed by atoms with E-state index in [2.05, 4.69) is 15.3 Å². The first-order valence-electron chi connectivity index (χ1n) is 5.35. The maximum atomic E-state index is 11.6. The van der Waals surface area contributed by atoms with E-state index in [-0.39, 0.29) is 0 Å². The molecule has 1 rings (SSSR count). The Balaban J connectivity index is 2.78. The van der Waals surface area contributed by atoms with Gasteiger partial charge in [-0.05, 0) is 33.8 Å². The molecule has 0 saturated heterocycles. The molecule has 1 N–H and O–H groups in total. The molecular weight excluding hydrogens is 218 g/mol. The van der Waals surface area contributed by atoms with Gasteiger partial charge in [0, 0.05) is 12.4 Å². The number of nitrogens with zero attached hydrogens (tertiary/aromatic N) is 2. The van der Waals surface area contributed by atoms with Crippen LogP contribution in [0, 0.1) is 0 Å². The molecule has 0 atom stereocenters. The van der Waals surface area contributed by atoms with Gasteiger partial charge in [-0.15, -0.1) is 0 Å². The number of nitrogens with one attached hydrogen (secondary N) is 1. The van der Waals surface area contributed by atoms with Crippen molar-refractivity contribution < 1.29 is 9.53 Å². The first kappa shape index (κ1) is 13.2. The lowest BCUT2D eigenvalue weighted by atomic mass is 10.2. The Hall–Kier alpha value is -1.91. The summed E-state index contributed by atoms with van der Waals surface area (Å²) < 4.78 is 5.15. The molecule has 5 heteroatoms. The van der Waals surface area contributed by atoms with Crippen molar-refractivity contribution in [2.75, 3.05) is 5.32 Å². The summed E-state index contributed by atoms with van der Waals surface area (Å²) in [6.45, 7) is 7.23. The van der Waals surface area contributed by atoms with Crippen molar-refractivity contribution in [1.82, 2.24) is 4.98 Å². The van der Waals surface area contributed by atoms with Crippen LogP contribution in [0.1, 0.15) is 27.7 Å². The van der Waals surface area contributed by atoms with E-state index in [9.17, 15) is 4.79 Å². The van der Waals surface area contributed by atoms with Crippen LogP contribution < -0.4 is 5.32 Å². The number of rotatable bonds is 2. The zero-order valence-electron chi connectivity index (χ0n) is 10.5. The fraction of sp³-hybridized carbons (Fsp3) is 0.417. The summed E-state index contributed by atoms with van der Waals surface area (Å²) in [6, 6.07) is 1.67. The fourth-order valence-electron chi connectivity index (χ4n) is 1.15. The van der Waals surface area contributed by atoms with Crippen molar-refractivity contribution >= 4 is 23.7 Å². The second-order valence-corrected chi connectivity index (χ2v) is 4.41. The minimum atomic E-state index is -0.523. The molecule has 1 aromatic heterocycles. The van der Waals surface area contributed by atoms with Gasteiger partial charge in [0.1, 0.15) is 11.3 Å². The number of aliphatic imine (C=N–C) groups is 1. The Labute approximate surface area is 101 Å². The normalized spacial score (nSPS) is 11.5. The first-order chi connectivity index (χ1) is 7.92. The lowest BCUT2D eigenvalue weighted by molar-refractivity contribution is 0.0636. The van der Waals surface area contributed by atoms with Crippen molar-refractivity contribution in [3.05, 3.63) is 18.5 Å². The minimum Gasteiger partial charge on any atom is -0.444 e. The third-order valence-corrected chi connectivity index (χ3v) is 1.70. The number of pyridine rings is 1. The molecule has 0 aromatic carbocycles. The van der Waals surface area contributed by atoms with E-state index in [4.69, 9.17) is 4.74 Å². The van der Waals surface area contributed by atoms with Gasteiger partial charge in [0.15, 0.2) is 0 Å². The Bertz CT molecular complexity index is 422. The Kier molecular flexibility index (Phi) is 4.20. The summed E-state index contributed by atoms with van der Waals surface area (Å²) in [4.78, 5) is 19.6. The van der Waals surface area contributed by atoms with Crippen LogP contribution in [0.15, 0.2) is 23.5 Å². The molecule has 0 radical (unpaired) electrons. The highest BCUT2D eigenvalue weighted by molar-refractivity contribution is 5.89. The molecule has 0 spiro atoms. The number of hydrogen-bond donors (Lipinski definition) is 1. The van der Waals surface area contributed by atoms with Crippen LogP contribution in [-0.4, -0.2) is 22.9 Å². The van der Waals surface area contributed by atoms with Crippen LogP contribution in [0.2, 0.25) is 0 Å². The number of anilines is 1. The predicted molar refractivity (Wildman–Crippen MR) is 67.9 cm³/mol. The molecule has 0 aliphatic heterocycles. The van der Waals surface area contributed by atoms with Crippen LogP contribution in [0.5, 0.6) is 0 Å². The maximum Gasteiger partial charge on any atom is 0.412 e. The van der Waals surface area contributed by atoms with E-state index < -0.39 is 11.7 Å². The number of amides is 1. The molecule has 1 amide bonds. The van der Waals surface area contributed by atoms with Crippen molar-refractivity contribution in [2.45, 2.75) is 33.3 Å². The first-order valence-corrected chi connectivity index (χ1v) is 5.35. The Morgan fingerprint density at radius 2 is 2.24 bits per heavy atom. The van der Waals surface area contributed by atoms with E-state index in [1.807, 2.05) is 20.8 Å². The number of aromatic nitrogens is 1. The summed E-state index contributed by atoms with van der Waals surface area (Å²) in [5.74, 6) is 0. The van der Waals surface area contributed by atoms with Crippen molar-refractivity contribution in [3.8, 4) is 0 Å². The monoisotopic (exact) mass is 235 g/mol. The molecule has 92 valence electrons. The molecule has 17 heavy (non-hydrogen) atoms. The van der Waals surface area contributed by atoms with E-state index in [0.29, 0.717) is 11.4 Å². The summed E-state index contributed by atoms with van der Waals surface area (Å²) in [7, 11) is 0. The summed E-state index contributed by atoms with van der Waals surface area (Å²) >= 11 is 0. The average molecular weight is 235 g/mol. The lowest BCUT2D eigenvalue weighted by Crippen LogP contribution is -2.27. The van der Waals surface area contributed by atoms with Crippen LogP contribution in [0.4, 0.5) is 16.2 Å². The molecule has 1 heterocycles. The van der Waals surface area contributed by atoms with E-state index in [1.165, 1.54) is 0 Å². The Morgan fingerprint density at radius 3 is 2.82 bits per heavy atom. The van der Waals surface area contributed by atoms with Crippen LogP contribution in [-0.2, 0) is 4.74 Å². The molecule has 0 unspecified atom stereocenters. The van der Waals surface area contributed by atoms with E-state index in [1.54, 1.807) is 31.6 Å². The van der Waals surface area contributed by atoms with Crippen LogP contribution in [0.25, 0.3) is 0 Å². The second kappa shape index (κ2) is 5.43. The third-order valence-electron chi connectivity index (χ3n) is 1.70. The number of hydrogen-bond acceptors (Lipinski definition) is 4. The minimum absolute atomic E-state index is 0.503. The summed E-state index contributed by atoms with van der Waals surface area (Å²) in [6.07, 6.45) is 4.29. The average Bonchev–Trinajstić information content (AvgIpc) is 2.18. The number of carbonyl (C=O) groups is 1. The van der Waals surface area contributed by atoms with Gasteiger partial charge in [0.05, 0.1) is 11.9 Å². The zero-order chi connectivity index (χ0) is 12.9. The molecule has 0 bridgehead atoms. The molecule has 1 aromatic rings. The fourth-order valence-corrected chi connectivity index (χ4v) is 1.15. The molecule has 0 aliphatic carbocycles. The van der Waals surface area contributed by atoms with Crippen molar-refractivity contribution in [2.24, 2.45) is 4.99 Å². The third kappa shape index (κ3) is 4.63. The Morgan fingerprint density at radius 1 is 1.53 bits per heavy atom. The van der Waals surface area contributed by atoms with Crippen molar-refractivity contribution in [3.63, 3.8) is 0 Å². The highest BCUT2D eigenvalue weighted by atomic mass is 16.6. The van der Waals surface area contributed by atoms with Gasteiger partial charge in [-0.1, -0.05) is 0 Å². The number of carbonyl (C=O) groups excluding carboxylic acids is 1. The van der Waals surface area contributed by atoms with E-state index >= 15 is 0 Å². The SMILES string of the molecule is CC=Nc1cnccc1NC(=O)OC(C)(C)C. The molecule has 5 nitrogen and oxygen atoms in total. The quantitative estimate of drug-likeness (QED) is 0.801. The molecule has 0 aliphatic rings. The summed E-state index contributed by atoms with van der Waals surface area (Å²) in [5.41, 5.74) is 0.652. The predicted octanol–water partition coefficient (Wildman–Crippen LogP) is 3.15. The van der Waals surface area contributed by atoms with Gasteiger partial charge < -0.3 is 4.74 Å². The van der Waals surface area contributed by atoms with E-state index in [0.717, 1.165) is 0 Å². The molecule has 0 saturated carbocycles. The van der Waals surface area contributed by atoms with Crippen LogP contribution >= 0.6 is 0 Å². The maximum absolute atomic E-state index is 11.6.